The number of benzene rings is 1. The molecule has 3 atom stereocenters. The highest BCUT2D eigenvalue weighted by Gasteiger charge is 2.57. The van der Waals surface area contributed by atoms with E-state index in [0.29, 0.717) is 18.4 Å². The normalized spacial score (nSPS) is 26.3. The molecular weight excluding hydrogens is 352 g/mol. The third-order valence-electron chi connectivity index (χ3n) is 6.40. The van der Waals surface area contributed by atoms with Crippen molar-refractivity contribution in [2.24, 2.45) is 11.3 Å². The van der Waals surface area contributed by atoms with Crippen molar-refractivity contribution in [3.05, 3.63) is 54.1 Å². The van der Waals surface area contributed by atoms with Crippen LogP contribution in [0.25, 0.3) is 0 Å². The molecule has 4 nitrogen and oxygen atoms in total. The van der Waals surface area contributed by atoms with Crippen LogP contribution in [0, 0.1) is 11.3 Å². The minimum absolute atomic E-state index is 0.0623. The van der Waals surface area contributed by atoms with Crippen LogP contribution in [0.4, 0.5) is 0 Å². The fraction of sp³-hybridized carbons (Fsp3) is 0.542. The highest BCUT2D eigenvalue weighted by Crippen LogP contribution is 2.54. The Morgan fingerprint density at radius 3 is 2.50 bits per heavy atom. The molecule has 0 aliphatic heterocycles. The van der Waals surface area contributed by atoms with Gasteiger partial charge < -0.3 is 14.9 Å². The lowest BCUT2D eigenvalue weighted by atomic mass is 9.65. The van der Waals surface area contributed by atoms with E-state index in [9.17, 15) is 15.0 Å². The summed E-state index contributed by atoms with van der Waals surface area (Å²) in [7, 11) is 0. The summed E-state index contributed by atoms with van der Waals surface area (Å²) in [5, 5.41) is 21.0. The Morgan fingerprint density at radius 1 is 1.29 bits per heavy atom. The topological polar surface area (TPSA) is 66.8 Å². The molecule has 1 saturated carbocycles. The zero-order chi connectivity index (χ0) is 20.9. The molecule has 1 fully saturated rings. The Kier molecular flexibility index (Phi) is 7.11. The van der Waals surface area contributed by atoms with E-state index in [2.05, 4.69) is 19.6 Å². The lowest BCUT2D eigenvalue weighted by molar-refractivity contribution is -0.142. The molecule has 4 heteroatoms. The zero-order valence-corrected chi connectivity index (χ0v) is 17.6. The Bertz CT molecular complexity index is 719. The van der Waals surface area contributed by atoms with Crippen LogP contribution in [-0.2, 0) is 4.74 Å². The Labute approximate surface area is 168 Å². The molecule has 1 aliphatic carbocycles. The molecule has 0 amide bonds. The van der Waals surface area contributed by atoms with Crippen molar-refractivity contribution in [3.8, 4) is 5.75 Å². The molecule has 0 spiro atoms. The first-order valence-electron chi connectivity index (χ1n) is 10.1. The van der Waals surface area contributed by atoms with Crippen molar-refractivity contribution < 1.29 is 19.7 Å². The van der Waals surface area contributed by atoms with E-state index in [1.807, 2.05) is 26.8 Å². The number of allylic oxidation sites excluding steroid dienone is 2. The van der Waals surface area contributed by atoms with Gasteiger partial charge in [-0.2, -0.15) is 0 Å². The average molecular weight is 387 g/mol. The van der Waals surface area contributed by atoms with Gasteiger partial charge in [0.15, 0.2) is 0 Å². The summed E-state index contributed by atoms with van der Waals surface area (Å²) in [5.41, 5.74) is 0.0932. The number of rotatable bonds is 8. The summed E-state index contributed by atoms with van der Waals surface area (Å²) in [4.78, 5) is 12.8. The van der Waals surface area contributed by atoms with Crippen LogP contribution in [0.5, 0.6) is 5.75 Å². The molecule has 2 rings (SSSR count). The van der Waals surface area contributed by atoms with Gasteiger partial charge in [-0.25, -0.2) is 4.79 Å². The predicted molar refractivity (Wildman–Crippen MR) is 112 cm³/mol. The number of carbonyl (C=O) groups is 1. The Morgan fingerprint density at radius 2 is 1.93 bits per heavy atom. The largest absolute Gasteiger partial charge is 0.508 e. The summed E-state index contributed by atoms with van der Waals surface area (Å²) in [6.45, 7) is 11.9. The molecule has 1 aromatic rings. The molecule has 0 unspecified atom stereocenters. The molecule has 0 heterocycles. The smallest absolute Gasteiger partial charge is 0.338 e. The second kappa shape index (κ2) is 8.95. The highest BCUT2D eigenvalue weighted by atomic mass is 16.5. The van der Waals surface area contributed by atoms with Crippen LogP contribution in [0.1, 0.15) is 70.2 Å². The third-order valence-corrected chi connectivity index (χ3v) is 6.40. The van der Waals surface area contributed by atoms with Gasteiger partial charge >= 0.3 is 5.97 Å². The van der Waals surface area contributed by atoms with Crippen LogP contribution >= 0.6 is 0 Å². The first-order chi connectivity index (χ1) is 13.1. The number of phenolic OH excluding ortho intramolecular Hbond substituents is 1. The second-order valence-corrected chi connectivity index (χ2v) is 8.57. The van der Waals surface area contributed by atoms with E-state index in [0.717, 1.165) is 24.8 Å². The van der Waals surface area contributed by atoms with Gasteiger partial charge in [-0.05, 0) is 62.8 Å². The van der Waals surface area contributed by atoms with Crippen molar-refractivity contribution >= 4 is 5.97 Å². The van der Waals surface area contributed by atoms with Crippen LogP contribution in [0.2, 0.25) is 0 Å². The van der Waals surface area contributed by atoms with Gasteiger partial charge in [-0.1, -0.05) is 38.5 Å². The maximum Gasteiger partial charge on any atom is 0.338 e. The van der Waals surface area contributed by atoms with Gasteiger partial charge in [0.1, 0.15) is 11.9 Å². The number of hydrogen-bond acceptors (Lipinski definition) is 4. The lowest BCUT2D eigenvalue weighted by Crippen LogP contribution is -2.54. The maximum absolute atomic E-state index is 12.8. The van der Waals surface area contributed by atoms with Crippen molar-refractivity contribution in [2.75, 3.05) is 0 Å². The number of phenols is 1. The van der Waals surface area contributed by atoms with E-state index >= 15 is 0 Å². The van der Waals surface area contributed by atoms with Gasteiger partial charge in [0, 0.05) is 11.8 Å². The number of ether oxygens (including phenoxy) is 1. The minimum Gasteiger partial charge on any atom is -0.508 e. The summed E-state index contributed by atoms with van der Waals surface area (Å²) in [6, 6.07) is 6.06. The molecule has 1 aliphatic rings. The summed E-state index contributed by atoms with van der Waals surface area (Å²) in [6.07, 6.45) is 7.24. The van der Waals surface area contributed by atoms with E-state index in [1.54, 1.807) is 12.1 Å². The molecule has 0 bridgehead atoms. The van der Waals surface area contributed by atoms with E-state index in [-0.39, 0.29) is 11.7 Å². The van der Waals surface area contributed by atoms with Crippen LogP contribution in [-0.4, -0.2) is 27.9 Å². The quantitative estimate of drug-likeness (QED) is 0.463. The van der Waals surface area contributed by atoms with Gasteiger partial charge in [0.2, 0.25) is 0 Å². The van der Waals surface area contributed by atoms with Gasteiger partial charge in [0.25, 0.3) is 0 Å². The molecule has 0 radical (unpaired) electrons. The molecule has 28 heavy (non-hydrogen) atoms. The fourth-order valence-corrected chi connectivity index (χ4v) is 4.47. The maximum atomic E-state index is 12.8. The third kappa shape index (κ3) is 4.49. The fourth-order valence-electron chi connectivity index (χ4n) is 4.47. The summed E-state index contributed by atoms with van der Waals surface area (Å²) < 4.78 is 6.01. The van der Waals surface area contributed by atoms with Crippen LogP contribution < -0.4 is 0 Å². The molecule has 2 N–H and O–H groups in total. The number of aromatic hydroxyl groups is 1. The summed E-state index contributed by atoms with van der Waals surface area (Å²) >= 11 is 0. The molecule has 0 saturated heterocycles. The van der Waals surface area contributed by atoms with E-state index in [1.165, 1.54) is 12.1 Å². The number of hydrogen-bond donors (Lipinski definition) is 2. The minimum atomic E-state index is -0.883. The molecule has 154 valence electrons. The van der Waals surface area contributed by atoms with E-state index in [4.69, 9.17) is 4.74 Å². The lowest BCUT2D eigenvalue weighted by Gasteiger charge is -2.47. The number of carbonyl (C=O) groups excluding carboxylic acids is 1. The summed E-state index contributed by atoms with van der Waals surface area (Å²) in [5.74, 6) is -0.263. The number of esters is 1. The molecule has 1 aromatic carbocycles. The van der Waals surface area contributed by atoms with Crippen molar-refractivity contribution in [2.45, 2.75) is 71.5 Å². The van der Waals surface area contributed by atoms with Crippen LogP contribution in [0.15, 0.2) is 48.6 Å². The SMILES string of the molecule is C=CC/C=C(/C)C[C@H](OC(=O)c1ccc(O)cc1)[C@]1(C)CCC[C@@]1(O)C(C)C. The second-order valence-electron chi connectivity index (χ2n) is 8.57. The van der Waals surface area contributed by atoms with Gasteiger partial charge in [0.05, 0.1) is 11.2 Å². The standard InChI is InChI=1S/C24H34O4/c1-6-7-9-18(4)16-21(23(5)14-8-15-24(23,27)17(2)3)28-22(26)19-10-12-20(25)13-11-19/h6,9-13,17,21,25,27H,1,7-8,14-16H2,2-5H3/b18-9-/t21-,23-,24+/m0/s1. The zero-order valence-electron chi connectivity index (χ0n) is 17.6. The van der Waals surface area contributed by atoms with Crippen molar-refractivity contribution in [1.29, 1.82) is 0 Å². The monoisotopic (exact) mass is 386 g/mol. The number of aliphatic hydroxyl groups is 1. The first-order valence-corrected chi connectivity index (χ1v) is 10.1. The Balaban J connectivity index is 2.35. The molecule has 0 aromatic heterocycles. The Hall–Kier alpha value is -2.07. The predicted octanol–water partition coefficient (Wildman–Crippen LogP) is 5.41. The average Bonchev–Trinajstić information content (AvgIpc) is 2.97. The van der Waals surface area contributed by atoms with Crippen molar-refractivity contribution in [1.82, 2.24) is 0 Å². The van der Waals surface area contributed by atoms with Crippen molar-refractivity contribution in [3.63, 3.8) is 0 Å². The first kappa shape index (κ1) is 22.2. The molecular formula is C24H34O4. The van der Waals surface area contributed by atoms with Gasteiger partial charge in [-0.3, -0.25) is 0 Å². The van der Waals surface area contributed by atoms with E-state index < -0.39 is 23.1 Å². The van der Waals surface area contributed by atoms with Crippen LogP contribution in [0.3, 0.4) is 0 Å². The highest BCUT2D eigenvalue weighted by molar-refractivity contribution is 5.89. The van der Waals surface area contributed by atoms with Gasteiger partial charge in [-0.15, -0.1) is 6.58 Å².